The standard InChI is InChI=1S/C13H20N4O5S3/c1-5-17(6-2)25(20,21)13-10(18)9(8(4)23-13)14-11-12(22-7-3)16-24(19)15-11/h18H,5-7H2,1-4H3,(H,14,15). The van der Waals surface area contributed by atoms with Gasteiger partial charge in [-0.05, 0) is 13.8 Å². The van der Waals surface area contributed by atoms with Crippen molar-refractivity contribution < 1.29 is 22.8 Å². The Labute approximate surface area is 153 Å². The Morgan fingerprint density at radius 3 is 2.52 bits per heavy atom. The van der Waals surface area contributed by atoms with Gasteiger partial charge in [0, 0.05) is 26.7 Å². The van der Waals surface area contributed by atoms with Gasteiger partial charge in [-0.15, -0.1) is 11.3 Å². The van der Waals surface area contributed by atoms with Gasteiger partial charge >= 0.3 is 5.88 Å². The highest BCUT2D eigenvalue weighted by Gasteiger charge is 2.31. The minimum absolute atomic E-state index is 0.0546. The van der Waals surface area contributed by atoms with E-state index in [-0.39, 0.29) is 21.6 Å². The molecule has 2 aromatic heterocycles. The molecule has 12 heteroatoms. The molecule has 2 rings (SSSR count). The first-order chi connectivity index (χ1) is 11.8. The summed E-state index contributed by atoms with van der Waals surface area (Å²) in [6.45, 7) is 7.75. The second kappa shape index (κ2) is 7.83. The number of hydrogen-bond acceptors (Lipinski definition) is 9. The predicted octanol–water partition coefficient (Wildman–Crippen LogP) is 2.45. The van der Waals surface area contributed by atoms with Crippen LogP contribution in [0.25, 0.3) is 0 Å². The third-order valence-electron chi connectivity index (χ3n) is 3.37. The molecule has 1 unspecified atom stereocenters. The fourth-order valence-electron chi connectivity index (χ4n) is 2.19. The molecule has 0 amide bonds. The van der Waals surface area contributed by atoms with Crippen LogP contribution in [0, 0.1) is 6.92 Å². The van der Waals surface area contributed by atoms with E-state index in [1.807, 2.05) is 0 Å². The normalized spacial score (nSPS) is 12.6. The molecule has 2 aromatic rings. The maximum atomic E-state index is 12.7. The summed E-state index contributed by atoms with van der Waals surface area (Å²) >= 11 is -0.856. The van der Waals surface area contributed by atoms with E-state index in [1.165, 1.54) is 4.31 Å². The topological polar surface area (TPSA) is 128 Å². The van der Waals surface area contributed by atoms with Crippen LogP contribution in [0.1, 0.15) is 25.6 Å². The van der Waals surface area contributed by atoms with E-state index >= 15 is 0 Å². The van der Waals surface area contributed by atoms with Gasteiger partial charge in [0.2, 0.25) is 0 Å². The highest BCUT2D eigenvalue weighted by Crippen LogP contribution is 2.45. The zero-order chi connectivity index (χ0) is 18.8. The Balaban J connectivity index is 2.44. The van der Waals surface area contributed by atoms with Crippen molar-refractivity contribution in [3.05, 3.63) is 4.88 Å². The fourth-order valence-corrected chi connectivity index (χ4v) is 5.89. The van der Waals surface area contributed by atoms with Gasteiger partial charge in [-0.25, -0.2) is 8.42 Å². The van der Waals surface area contributed by atoms with Crippen LogP contribution in [0.2, 0.25) is 0 Å². The summed E-state index contributed by atoms with van der Waals surface area (Å²) < 4.78 is 50.7. The van der Waals surface area contributed by atoms with Gasteiger partial charge in [0.1, 0.15) is 0 Å². The number of anilines is 2. The summed E-state index contributed by atoms with van der Waals surface area (Å²) in [6, 6.07) is 0. The number of sulfonamides is 1. The van der Waals surface area contributed by atoms with Crippen molar-refractivity contribution in [3.63, 3.8) is 0 Å². The van der Waals surface area contributed by atoms with Crippen molar-refractivity contribution >= 4 is 44.0 Å². The van der Waals surface area contributed by atoms with Crippen LogP contribution < -0.4 is 10.1 Å². The first-order valence-electron chi connectivity index (χ1n) is 7.58. The number of nitrogens with zero attached hydrogens (tertiary/aromatic N) is 3. The molecule has 140 valence electrons. The summed E-state index contributed by atoms with van der Waals surface area (Å²) in [7, 11) is -3.80. The van der Waals surface area contributed by atoms with E-state index in [0.717, 1.165) is 11.3 Å². The second-order valence-electron chi connectivity index (χ2n) is 4.88. The lowest BCUT2D eigenvalue weighted by atomic mass is 10.4. The first kappa shape index (κ1) is 19.8. The van der Waals surface area contributed by atoms with Crippen molar-refractivity contribution in [2.24, 2.45) is 0 Å². The molecule has 9 nitrogen and oxygen atoms in total. The number of hydrogen-bond donors (Lipinski definition) is 2. The Kier molecular flexibility index (Phi) is 6.21. The van der Waals surface area contributed by atoms with Gasteiger partial charge in [-0.1, -0.05) is 13.8 Å². The molecule has 0 aliphatic carbocycles. The van der Waals surface area contributed by atoms with Crippen LogP contribution in [0.5, 0.6) is 11.6 Å². The number of aryl methyl sites for hydroxylation is 1. The molecule has 0 saturated heterocycles. The Morgan fingerprint density at radius 2 is 1.96 bits per heavy atom. The summed E-state index contributed by atoms with van der Waals surface area (Å²) in [6.07, 6.45) is 0. The molecular weight excluding hydrogens is 388 g/mol. The van der Waals surface area contributed by atoms with E-state index in [1.54, 1.807) is 27.7 Å². The van der Waals surface area contributed by atoms with Crippen molar-refractivity contribution in [2.75, 3.05) is 25.0 Å². The molecule has 0 aliphatic rings. The van der Waals surface area contributed by atoms with Crippen molar-refractivity contribution in [3.8, 4) is 11.6 Å². The lowest BCUT2D eigenvalue weighted by Gasteiger charge is -2.17. The minimum Gasteiger partial charge on any atom is -0.546 e. The van der Waals surface area contributed by atoms with Gasteiger partial charge in [0.15, 0.2) is 21.1 Å². The van der Waals surface area contributed by atoms with Gasteiger partial charge in [0.25, 0.3) is 15.8 Å². The Morgan fingerprint density at radius 1 is 1.32 bits per heavy atom. The van der Waals surface area contributed by atoms with Gasteiger partial charge in [-0.3, -0.25) is 0 Å². The molecular formula is C13H20N4O5S3. The molecule has 0 aromatic carbocycles. The van der Waals surface area contributed by atoms with Crippen LogP contribution in [-0.2, 0) is 10.0 Å². The number of aromatic nitrogens is 2. The summed E-state index contributed by atoms with van der Waals surface area (Å²) in [5.41, 5.74) is 0.181. The predicted molar refractivity (Wildman–Crippen MR) is 96.0 cm³/mol. The van der Waals surface area contributed by atoms with Crippen LogP contribution in [0.15, 0.2) is 4.21 Å². The first-order valence-corrected chi connectivity index (χ1v) is 10.9. The highest BCUT2D eigenvalue weighted by molar-refractivity contribution is 7.91. The molecule has 0 aliphatic heterocycles. The molecule has 0 fully saturated rings. The minimum atomic E-state index is -3.80. The third-order valence-corrected chi connectivity index (χ3v) is 7.65. The van der Waals surface area contributed by atoms with Gasteiger partial charge in [0.05, 0.1) is 12.3 Å². The lowest BCUT2D eigenvalue weighted by Crippen LogP contribution is -2.30. The van der Waals surface area contributed by atoms with Crippen molar-refractivity contribution in [1.82, 2.24) is 13.1 Å². The van der Waals surface area contributed by atoms with Crippen LogP contribution in [-0.4, -0.2) is 50.8 Å². The summed E-state index contributed by atoms with van der Waals surface area (Å²) in [5.74, 6) is -0.257. The zero-order valence-electron chi connectivity index (χ0n) is 14.3. The molecule has 2 N–H and O–H groups in total. The maximum absolute atomic E-state index is 12.7. The Hall–Kier alpha value is -1.47. The van der Waals surface area contributed by atoms with Crippen molar-refractivity contribution in [1.29, 1.82) is 0 Å². The Bertz CT molecular complexity index is 842. The molecule has 0 radical (unpaired) electrons. The molecule has 0 spiro atoms. The summed E-state index contributed by atoms with van der Waals surface area (Å²) in [5, 5.41) is 13.2. The fraction of sp³-hybridized carbons (Fsp3) is 0.538. The van der Waals surface area contributed by atoms with Crippen LogP contribution in [0.4, 0.5) is 11.5 Å². The molecule has 25 heavy (non-hydrogen) atoms. The quantitative estimate of drug-likeness (QED) is 0.638. The van der Waals surface area contributed by atoms with Crippen molar-refractivity contribution in [2.45, 2.75) is 31.9 Å². The van der Waals surface area contributed by atoms with E-state index in [4.69, 9.17) is 4.74 Å². The average molecular weight is 409 g/mol. The number of aromatic hydroxyl groups is 1. The van der Waals surface area contributed by atoms with E-state index in [2.05, 4.69) is 14.1 Å². The van der Waals surface area contributed by atoms with Gasteiger partial charge < -0.3 is 19.7 Å². The smallest absolute Gasteiger partial charge is 0.318 e. The lowest BCUT2D eigenvalue weighted by molar-refractivity contribution is 0.331. The van der Waals surface area contributed by atoms with E-state index in [9.17, 15) is 18.1 Å². The molecule has 1 atom stereocenters. The van der Waals surface area contributed by atoms with Crippen LogP contribution in [0.3, 0.4) is 0 Å². The molecule has 0 saturated carbocycles. The SMILES string of the molecule is CCOc1n[s+]([O-])nc1Nc1c(C)sc(S(=O)(=O)N(CC)CC)c1O. The summed E-state index contributed by atoms with van der Waals surface area (Å²) in [4.78, 5) is 0.541. The molecule has 0 bridgehead atoms. The monoisotopic (exact) mass is 408 g/mol. The van der Waals surface area contributed by atoms with Gasteiger partial charge in [-0.2, -0.15) is 4.31 Å². The van der Waals surface area contributed by atoms with Crippen LogP contribution >= 0.6 is 22.5 Å². The zero-order valence-corrected chi connectivity index (χ0v) is 16.7. The largest absolute Gasteiger partial charge is 0.546 e. The number of nitrogens with one attached hydrogen (secondary N) is 1. The third kappa shape index (κ3) is 3.87. The number of thiophene rings is 1. The number of rotatable bonds is 8. The average Bonchev–Trinajstić information content (AvgIpc) is 3.03. The second-order valence-corrected chi connectivity index (χ2v) is 9.07. The maximum Gasteiger partial charge on any atom is 0.318 e. The molecule has 2 heterocycles. The van der Waals surface area contributed by atoms with E-state index < -0.39 is 26.9 Å². The van der Waals surface area contributed by atoms with E-state index in [0.29, 0.717) is 24.6 Å². The highest BCUT2D eigenvalue weighted by atomic mass is 32.2. The number of ether oxygens (including phenoxy) is 1.